The van der Waals surface area contributed by atoms with E-state index in [1.165, 1.54) is 18.2 Å². The number of alkyl halides is 2. The van der Waals surface area contributed by atoms with E-state index in [0.717, 1.165) is 13.1 Å². The van der Waals surface area contributed by atoms with Crippen LogP contribution in [-0.2, 0) is 16.1 Å². The number of hydrogen-bond acceptors (Lipinski definition) is 4. The van der Waals surface area contributed by atoms with Crippen molar-refractivity contribution < 1.29 is 23.0 Å². The molecule has 1 aromatic rings. The van der Waals surface area contributed by atoms with E-state index in [0.29, 0.717) is 30.0 Å². The lowest BCUT2D eigenvalue weighted by Gasteiger charge is -2.35. The topological polar surface area (TPSA) is 59.6 Å². The number of halogens is 4. The predicted molar refractivity (Wildman–Crippen MR) is 93.6 cm³/mol. The number of carbonyl (C=O) groups excluding carboxylic acids is 1. The molecule has 25 heavy (non-hydrogen) atoms. The van der Waals surface area contributed by atoms with Gasteiger partial charge in [-0.15, -0.1) is 12.4 Å². The summed E-state index contributed by atoms with van der Waals surface area (Å²) in [6.45, 7) is -1.11. The highest BCUT2D eigenvalue weighted by Gasteiger charge is 2.39. The van der Waals surface area contributed by atoms with Crippen LogP contribution in [0.25, 0.3) is 0 Å². The van der Waals surface area contributed by atoms with Gasteiger partial charge < -0.3 is 20.1 Å². The Labute approximate surface area is 156 Å². The fraction of sp³-hybridized carbons (Fsp3) is 0.562. The summed E-state index contributed by atoms with van der Waals surface area (Å²) in [5.74, 6) is -0.158. The number of carbonyl (C=O) groups is 1. The highest BCUT2D eigenvalue weighted by molar-refractivity contribution is 6.30. The second-order valence-electron chi connectivity index (χ2n) is 5.78. The van der Waals surface area contributed by atoms with Gasteiger partial charge in [-0.25, -0.2) is 0 Å². The number of rotatable bonds is 7. The summed E-state index contributed by atoms with van der Waals surface area (Å²) >= 11 is 5.91. The maximum absolute atomic E-state index is 12.7. The zero-order valence-electron chi connectivity index (χ0n) is 13.8. The molecule has 1 aliphatic heterocycles. The van der Waals surface area contributed by atoms with E-state index >= 15 is 0 Å². The van der Waals surface area contributed by atoms with E-state index in [2.05, 4.69) is 15.4 Å². The molecule has 0 aliphatic carbocycles. The van der Waals surface area contributed by atoms with Crippen LogP contribution in [0.4, 0.5) is 8.78 Å². The molecule has 1 aromatic carbocycles. The molecule has 1 amide bonds. The number of nitrogens with one attached hydrogen (secondary N) is 2. The monoisotopic (exact) mass is 398 g/mol. The van der Waals surface area contributed by atoms with Gasteiger partial charge >= 0.3 is 6.61 Å². The summed E-state index contributed by atoms with van der Waals surface area (Å²) in [6.07, 6.45) is 1.31. The van der Waals surface area contributed by atoms with Gasteiger partial charge in [-0.1, -0.05) is 11.6 Å². The van der Waals surface area contributed by atoms with E-state index in [-0.39, 0.29) is 30.6 Å². The maximum atomic E-state index is 12.7. The normalized spacial score (nSPS) is 16.2. The first-order valence-electron chi connectivity index (χ1n) is 7.68. The van der Waals surface area contributed by atoms with Crippen LogP contribution in [0.5, 0.6) is 5.75 Å². The molecular weight excluding hydrogens is 377 g/mol. The highest BCUT2D eigenvalue weighted by atomic mass is 35.5. The van der Waals surface area contributed by atoms with Gasteiger partial charge in [0.1, 0.15) is 5.75 Å². The van der Waals surface area contributed by atoms with Crippen LogP contribution in [0.3, 0.4) is 0 Å². The molecule has 0 saturated carbocycles. The number of piperidine rings is 1. The number of methoxy groups -OCH3 is 1. The average molecular weight is 399 g/mol. The lowest BCUT2D eigenvalue weighted by Crippen LogP contribution is -2.50. The summed E-state index contributed by atoms with van der Waals surface area (Å²) in [4.78, 5) is 12.7. The van der Waals surface area contributed by atoms with Crippen LogP contribution < -0.4 is 15.4 Å². The zero-order chi connectivity index (χ0) is 17.6. The summed E-state index contributed by atoms with van der Waals surface area (Å²) in [7, 11) is 1.56. The third kappa shape index (κ3) is 5.95. The van der Waals surface area contributed by atoms with E-state index in [9.17, 15) is 13.6 Å². The van der Waals surface area contributed by atoms with Gasteiger partial charge in [-0.05, 0) is 44.1 Å². The molecule has 0 bridgehead atoms. The fourth-order valence-corrected chi connectivity index (χ4v) is 3.07. The van der Waals surface area contributed by atoms with Crippen LogP contribution in [0.15, 0.2) is 18.2 Å². The molecule has 9 heteroatoms. The maximum Gasteiger partial charge on any atom is 0.387 e. The fourth-order valence-electron chi connectivity index (χ4n) is 2.88. The van der Waals surface area contributed by atoms with Crippen LogP contribution in [-0.4, -0.2) is 39.3 Å². The van der Waals surface area contributed by atoms with Crippen molar-refractivity contribution in [3.8, 4) is 5.75 Å². The number of hydrogen-bond donors (Lipinski definition) is 2. The standard InChI is InChI=1S/C16H21ClF2N2O3.ClH/c1-23-10-16(4-6-20-7-5-16)14(22)21-9-11-8-12(17)2-3-13(11)24-15(18)19;/h2-3,8,15,20H,4-7,9-10H2,1H3,(H,21,22);1H. The Morgan fingerprint density at radius 2 is 2.08 bits per heavy atom. The van der Waals surface area contributed by atoms with Crippen LogP contribution >= 0.6 is 24.0 Å². The van der Waals surface area contributed by atoms with Crippen molar-refractivity contribution in [3.05, 3.63) is 28.8 Å². The van der Waals surface area contributed by atoms with Gasteiger partial charge in [0.2, 0.25) is 5.91 Å². The Balaban J connectivity index is 0.00000312. The molecule has 142 valence electrons. The zero-order valence-corrected chi connectivity index (χ0v) is 15.4. The predicted octanol–water partition coefficient (Wildman–Crippen LogP) is 3.00. The minimum absolute atomic E-state index is 0. The third-order valence-corrected chi connectivity index (χ3v) is 4.38. The second kappa shape index (κ2) is 10.1. The minimum Gasteiger partial charge on any atom is -0.434 e. The van der Waals surface area contributed by atoms with Crippen molar-refractivity contribution in [3.63, 3.8) is 0 Å². The van der Waals surface area contributed by atoms with E-state index < -0.39 is 12.0 Å². The molecular formula is C16H22Cl2F2N2O3. The molecule has 5 nitrogen and oxygen atoms in total. The van der Waals surface area contributed by atoms with Gasteiger partial charge in [0, 0.05) is 24.2 Å². The van der Waals surface area contributed by atoms with Crippen molar-refractivity contribution in [2.75, 3.05) is 26.8 Å². The first kappa shape index (κ1) is 21.9. The molecule has 1 fully saturated rings. The summed E-state index contributed by atoms with van der Waals surface area (Å²) < 4.78 is 34.7. The number of amides is 1. The van der Waals surface area contributed by atoms with Crippen molar-refractivity contribution in [2.45, 2.75) is 26.0 Å². The summed E-state index contributed by atoms with van der Waals surface area (Å²) in [5.41, 5.74) is -0.208. The van der Waals surface area contributed by atoms with Crippen molar-refractivity contribution in [1.29, 1.82) is 0 Å². The Hall–Kier alpha value is -1.15. The Kier molecular flexibility index (Phi) is 8.85. The van der Waals surface area contributed by atoms with Gasteiger partial charge in [0.25, 0.3) is 0 Å². The number of benzene rings is 1. The smallest absolute Gasteiger partial charge is 0.387 e. The Morgan fingerprint density at radius 3 is 2.68 bits per heavy atom. The summed E-state index contributed by atoms with van der Waals surface area (Å²) in [5, 5.41) is 6.40. The van der Waals surface area contributed by atoms with Gasteiger partial charge in [0.15, 0.2) is 0 Å². The van der Waals surface area contributed by atoms with Gasteiger partial charge in [-0.3, -0.25) is 4.79 Å². The van der Waals surface area contributed by atoms with E-state index in [4.69, 9.17) is 16.3 Å². The summed E-state index contributed by atoms with van der Waals surface area (Å²) in [6, 6.07) is 4.33. The molecule has 0 radical (unpaired) electrons. The van der Waals surface area contributed by atoms with Gasteiger partial charge in [-0.2, -0.15) is 8.78 Å². The lowest BCUT2D eigenvalue weighted by molar-refractivity contribution is -0.136. The molecule has 1 saturated heterocycles. The highest BCUT2D eigenvalue weighted by Crippen LogP contribution is 2.30. The van der Waals surface area contributed by atoms with Crippen LogP contribution in [0.2, 0.25) is 5.02 Å². The first-order valence-corrected chi connectivity index (χ1v) is 8.06. The number of ether oxygens (including phenoxy) is 2. The van der Waals surface area contributed by atoms with E-state index in [1.54, 1.807) is 7.11 Å². The molecule has 1 heterocycles. The minimum atomic E-state index is -2.94. The molecule has 0 unspecified atom stereocenters. The molecule has 1 aliphatic rings. The van der Waals surface area contributed by atoms with Crippen molar-refractivity contribution in [1.82, 2.24) is 10.6 Å². The quantitative estimate of drug-likeness (QED) is 0.740. The largest absolute Gasteiger partial charge is 0.434 e. The van der Waals surface area contributed by atoms with Crippen molar-refractivity contribution >= 4 is 29.9 Å². The SMILES string of the molecule is COCC1(C(=O)NCc2cc(Cl)ccc2OC(F)F)CCNCC1.Cl. The molecule has 0 spiro atoms. The molecule has 0 aromatic heterocycles. The average Bonchev–Trinajstić information content (AvgIpc) is 2.55. The van der Waals surface area contributed by atoms with Crippen LogP contribution in [0, 0.1) is 5.41 Å². The van der Waals surface area contributed by atoms with Gasteiger partial charge in [0.05, 0.1) is 12.0 Å². The molecule has 0 atom stereocenters. The molecule has 2 rings (SSSR count). The first-order chi connectivity index (χ1) is 11.5. The third-order valence-electron chi connectivity index (χ3n) is 4.14. The Bertz CT molecular complexity index is 565. The van der Waals surface area contributed by atoms with Crippen molar-refractivity contribution in [2.24, 2.45) is 5.41 Å². The lowest BCUT2D eigenvalue weighted by atomic mass is 9.78. The van der Waals surface area contributed by atoms with Crippen LogP contribution in [0.1, 0.15) is 18.4 Å². The van der Waals surface area contributed by atoms with E-state index in [1.807, 2.05) is 0 Å². The molecule has 2 N–H and O–H groups in total. The second-order valence-corrected chi connectivity index (χ2v) is 6.21. The Morgan fingerprint density at radius 1 is 1.40 bits per heavy atom.